The van der Waals surface area contributed by atoms with Gasteiger partial charge in [0.2, 0.25) is 0 Å². The summed E-state index contributed by atoms with van der Waals surface area (Å²) in [5, 5.41) is 0. The Bertz CT molecular complexity index is 845. The molecule has 4 nitrogen and oxygen atoms in total. The molecule has 2 aromatic carbocycles. The van der Waals surface area contributed by atoms with E-state index < -0.39 is 0 Å². The molecule has 1 fully saturated rings. The molecule has 2 unspecified atom stereocenters. The van der Waals surface area contributed by atoms with E-state index in [1.165, 1.54) is 11.1 Å². The molecular formula is C24H25NO3. The molecule has 0 aliphatic carbocycles. The van der Waals surface area contributed by atoms with Crippen LogP contribution in [0.4, 0.5) is 4.79 Å². The number of allylic oxidation sites excluding steroid dienone is 1. The summed E-state index contributed by atoms with van der Waals surface area (Å²) in [6.45, 7) is 1.40. The van der Waals surface area contributed by atoms with Crippen molar-refractivity contribution >= 4 is 12.2 Å². The molecule has 28 heavy (non-hydrogen) atoms. The summed E-state index contributed by atoms with van der Waals surface area (Å²) < 4.78 is 11.3. The van der Waals surface area contributed by atoms with Crippen LogP contribution in [0.3, 0.4) is 0 Å². The molecule has 0 saturated carbocycles. The zero-order valence-corrected chi connectivity index (χ0v) is 15.9. The number of ether oxygens (including phenoxy) is 2. The molecule has 2 heterocycles. The van der Waals surface area contributed by atoms with Gasteiger partial charge in [0.05, 0.1) is 25.3 Å². The second kappa shape index (κ2) is 8.89. The minimum atomic E-state index is -0.253. The van der Waals surface area contributed by atoms with Crippen molar-refractivity contribution in [3.05, 3.63) is 89.5 Å². The van der Waals surface area contributed by atoms with E-state index in [1.807, 2.05) is 53.4 Å². The van der Waals surface area contributed by atoms with E-state index in [0.29, 0.717) is 19.8 Å². The molecule has 0 radical (unpaired) electrons. The van der Waals surface area contributed by atoms with Crippen LogP contribution in [0.2, 0.25) is 0 Å². The van der Waals surface area contributed by atoms with E-state index >= 15 is 0 Å². The Morgan fingerprint density at radius 2 is 1.82 bits per heavy atom. The number of amides is 1. The van der Waals surface area contributed by atoms with Crippen LogP contribution in [0, 0.1) is 0 Å². The first-order valence-electron chi connectivity index (χ1n) is 9.77. The topological polar surface area (TPSA) is 38.8 Å². The van der Waals surface area contributed by atoms with Gasteiger partial charge >= 0.3 is 6.09 Å². The molecule has 0 aromatic heterocycles. The minimum absolute atomic E-state index is 0.0455. The van der Waals surface area contributed by atoms with Crippen LogP contribution in [-0.4, -0.2) is 36.3 Å². The number of fused-ring (bicyclic) bond motifs is 2. The van der Waals surface area contributed by atoms with E-state index in [2.05, 4.69) is 30.4 Å². The Kier molecular flexibility index (Phi) is 5.88. The van der Waals surface area contributed by atoms with E-state index in [-0.39, 0.29) is 18.2 Å². The maximum Gasteiger partial charge on any atom is 0.411 e. The summed E-state index contributed by atoms with van der Waals surface area (Å²) in [6.07, 6.45) is 7.99. The first kappa shape index (κ1) is 18.5. The fraction of sp³-hybridized carbons (Fsp3) is 0.292. The summed E-state index contributed by atoms with van der Waals surface area (Å²) in [5.41, 5.74) is 3.56. The van der Waals surface area contributed by atoms with Crippen molar-refractivity contribution in [1.29, 1.82) is 0 Å². The van der Waals surface area contributed by atoms with Crippen molar-refractivity contribution in [3.8, 4) is 0 Å². The van der Waals surface area contributed by atoms with Crippen LogP contribution in [0.15, 0.2) is 78.4 Å². The van der Waals surface area contributed by atoms with Gasteiger partial charge in [-0.3, -0.25) is 4.90 Å². The molecular weight excluding hydrogens is 350 g/mol. The van der Waals surface area contributed by atoms with Crippen LogP contribution in [0.5, 0.6) is 0 Å². The number of hydrogen-bond acceptors (Lipinski definition) is 3. The van der Waals surface area contributed by atoms with Gasteiger partial charge in [-0.25, -0.2) is 4.79 Å². The molecule has 144 valence electrons. The Balaban J connectivity index is 1.38. The third-order valence-corrected chi connectivity index (χ3v) is 5.18. The number of carbonyl (C=O) groups is 1. The maximum atomic E-state index is 12.7. The van der Waals surface area contributed by atoms with E-state index in [0.717, 1.165) is 18.4 Å². The standard InChI is InChI=1S/C24H25NO3/c26-24(28-16-20-10-5-2-6-11-20)25-22-14-21(15-23(25)18-27-17-22)13-7-12-19-8-3-1-4-9-19/h1-12,14,22-23H,13,15-18H2/b12-7+. The molecule has 2 bridgehead atoms. The summed E-state index contributed by atoms with van der Waals surface area (Å²) in [7, 11) is 0. The van der Waals surface area contributed by atoms with Gasteiger partial charge in [-0.05, 0) is 24.0 Å². The van der Waals surface area contributed by atoms with Crippen LogP contribution >= 0.6 is 0 Å². The first-order valence-corrected chi connectivity index (χ1v) is 9.77. The second-order valence-corrected chi connectivity index (χ2v) is 7.25. The van der Waals surface area contributed by atoms with Gasteiger partial charge in [0.1, 0.15) is 6.61 Å². The Morgan fingerprint density at radius 1 is 1.07 bits per heavy atom. The molecule has 4 rings (SSSR count). The normalized spacial score (nSPS) is 21.4. The van der Waals surface area contributed by atoms with Crippen molar-refractivity contribution in [2.45, 2.75) is 31.5 Å². The predicted octanol–water partition coefficient (Wildman–Crippen LogP) is 4.83. The van der Waals surface area contributed by atoms with Crippen molar-refractivity contribution in [2.75, 3.05) is 13.2 Å². The van der Waals surface area contributed by atoms with E-state index in [4.69, 9.17) is 9.47 Å². The lowest BCUT2D eigenvalue weighted by molar-refractivity contribution is -0.0373. The Morgan fingerprint density at radius 3 is 2.57 bits per heavy atom. The third kappa shape index (κ3) is 4.52. The Hall–Kier alpha value is -2.85. The fourth-order valence-corrected chi connectivity index (χ4v) is 3.82. The van der Waals surface area contributed by atoms with Crippen molar-refractivity contribution < 1.29 is 14.3 Å². The van der Waals surface area contributed by atoms with Crippen LogP contribution in [0.25, 0.3) is 6.08 Å². The highest BCUT2D eigenvalue weighted by Gasteiger charge is 2.38. The maximum absolute atomic E-state index is 12.7. The van der Waals surface area contributed by atoms with Gasteiger partial charge in [-0.15, -0.1) is 0 Å². The first-order chi connectivity index (χ1) is 13.8. The van der Waals surface area contributed by atoms with E-state index in [1.54, 1.807) is 0 Å². The number of carbonyl (C=O) groups excluding carboxylic acids is 1. The number of benzene rings is 2. The summed E-state index contributed by atoms with van der Waals surface area (Å²) in [6, 6.07) is 20.1. The summed E-state index contributed by atoms with van der Waals surface area (Å²) in [5.74, 6) is 0. The van der Waals surface area contributed by atoms with Gasteiger partial charge < -0.3 is 9.47 Å². The predicted molar refractivity (Wildman–Crippen MR) is 110 cm³/mol. The van der Waals surface area contributed by atoms with Crippen LogP contribution < -0.4 is 0 Å². The van der Waals surface area contributed by atoms with Gasteiger partial charge in [-0.2, -0.15) is 0 Å². The smallest absolute Gasteiger partial charge is 0.411 e. The number of hydrogen-bond donors (Lipinski definition) is 0. The zero-order valence-electron chi connectivity index (χ0n) is 15.9. The molecule has 4 heteroatoms. The van der Waals surface area contributed by atoms with Crippen molar-refractivity contribution in [3.63, 3.8) is 0 Å². The van der Waals surface area contributed by atoms with Crippen LogP contribution in [-0.2, 0) is 16.1 Å². The monoisotopic (exact) mass is 375 g/mol. The molecule has 1 saturated heterocycles. The number of nitrogens with zero attached hydrogens (tertiary/aromatic N) is 1. The minimum Gasteiger partial charge on any atom is -0.445 e. The highest BCUT2D eigenvalue weighted by atomic mass is 16.6. The lowest BCUT2D eigenvalue weighted by atomic mass is 9.92. The fourth-order valence-electron chi connectivity index (χ4n) is 3.82. The summed E-state index contributed by atoms with van der Waals surface area (Å²) in [4.78, 5) is 14.6. The number of rotatable bonds is 5. The van der Waals surface area contributed by atoms with Gasteiger partial charge in [-0.1, -0.05) is 84.5 Å². The third-order valence-electron chi connectivity index (χ3n) is 5.18. The molecule has 2 aliphatic rings. The van der Waals surface area contributed by atoms with Gasteiger partial charge in [0.25, 0.3) is 0 Å². The highest BCUT2D eigenvalue weighted by molar-refractivity contribution is 5.69. The van der Waals surface area contributed by atoms with Crippen LogP contribution in [0.1, 0.15) is 24.0 Å². The molecule has 1 amide bonds. The molecule has 0 N–H and O–H groups in total. The second-order valence-electron chi connectivity index (χ2n) is 7.25. The average molecular weight is 375 g/mol. The van der Waals surface area contributed by atoms with Gasteiger partial charge in [0, 0.05) is 0 Å². The lowest BCUT2D eigenvalue weighted by Gasteiger charge is -2.43. The molecule has 2 atom stereocenters. The zero-order chi connectivity index (χ0) is 19.2. The lowest BCUT2D eigenvalue weighted by Crippen LogP contribution is -2.56. The summed E-state index contributed by atoms with van der Waals surface area (Å²) >= 11 is 0. The number of morpholine rings is 1. The Labute approximate surface area is 166 Å². The van der Waals surface area contributed by atoms with E-state index in [9.17, 15) is 4.79 Å². The molecule has 0 spiro atoms. The SMILES string of the molecule is O=C(OCc1ccccc1)N1C2C=C(C/C=C/c3ccccc3)CC1COC2. The molecule has 2 aromatic rings. The average Bonchev–Trinajstić information content (AvgIpc) is 2.73. The van der Waals surface area contributed by atoms with Gasteiger partial charge in [0.15, 0.2) is 0 Å². The largest absolute Gasteiger partial charge is 0.445 e. The van der Waals surface area contributed by atoms with Crippen molar-refractivity contribution in [1.82, 2.24) is 4.90 Å². The molecule has 2 aliphatic heterocycles. The van der Waals surface area contributed by atoms with Crippen molar-refractivity contribution in [2.24, 2.45) is 0 Å². The quantitative estimate of drug-likeness (QED) is 0.703. The highest BCUT2D eigenvalue weighted by Crippen LogP contribution is 2.29.